The normalized spacial score (nSPS) is 10.7. The Bertz CT molecular complexity index is 640. The molecule has 0 saturated heterocycles. The van der Waals surface area contributed by atoms with Gasteiger partial charge in [-0.2, -0.15) is 0 Å². The largest absolute Gasteiger partial charge is 0.497 e. The third kappa shape index (κ3) is 3.26. The molecule has 0 bridgehead atoms. The molecule has 0 amide bonds. The Morgan fingerprint density at radius 3 is 2.40 bits per heavy atom. The molecule has 20 heavy (non-hydrogen) atoms. The lowest BCUT2D eigenvalue weighted by Gasteiger charge is -2.08. The van der Waals surface area contributed by atoms with Crippen LogP contribution in [0.4, 0.5) is 0 Å². The molecule has 0 saturated carbocycles. The molecule has 3 nitrogen and oxygen atoms in total. The summed E-state index contributed by atoms with van der Waals surface area (Å²) >= 11 is 0. The van der Waals surface area contributed by atoms with Crippen LogP contribution in [-0.4, -0.2) is 18.2 Å². The van der Waals surface area contributed by atoms with Crippen LogP contribution >= 0.6 is 0 Å². The number of ether oxygens (including phenoxy) is 1. The van der Waals surface area contributed by atoms with Crippen molar-refractivity contribution < 1.29 is 14.6 Å². The van der Waals surface area contributed by atoms with Crippen molar-refractivity contribution in [1.82, 2.24) is 0 Å². The molecule has 3 heteroatoms. The maximum absolute atomic E-state index is 10.5. The van der Waals surface area contributed by atoms with Crippen LogP contribution in [0, 0.1) is 6.92 Å². The van der Waals surface area contributed by atoms with E-state index in [-0.39, 0.29) is 0 Å². The standard InChI is InChI=1S/C17H16O3/c1-12-11-15(20-2)8-9-16(12)14-6-3-13(4-7-14)5-10-17(18)19/h3-11H,1-2H3,(H,18,19)/b10-5+. The van der Waals surface area contributed by atoms with E-state index in [0.717, 1.165) is 34.1 Å². The molecule has 0 heterocycles. The van der Waals surface area contributed by atoms with Gasteiger partial charge in [0.15, 0.2) is 0 Å². The van der Waals surface area contributed by atoms with Crippen LogP contribution in [0.25, 0.3) is 17.2 Å². The maximum atomic E-state index is 10.5. The zero-order valence-electron chi connectivity index (χ0n) is 11.5. The highest BCUT2D eigenvalue weighted by atomic mass is 16.5. The van der Waals surface area contributed by atoms with Gasteiger partial charge in [-0.25, -0.2) is 4.79 Å². The lowest BCUT2D eigenvalue weighted by molar-refractivity contribution is -0.131. The highest BCUT2D eigenvalue weighted by molar-refractivity contribution is 5.85. The van der Waals surface area contributed by atoms with Crippen LogP contribution in [0.15, 0.2) is 48.5 Å². The van der Waals surface area contributed by atoms with Gasteiger partial charge in [0.2, 0.25) is 0 Å². The van der Waals surface area contributed by atoms with Crippen LogP contribution in [0.1, 0.15) is 11.1 Å². The van der Waals surface area contributed by atoms with Crippen LogP contribution in [0.5, 0.6) is 5.75 Å². The molecular weight excluding hydrogens is 252 g/mol. The second kappa shape index (κ2) is 6.06. The van der Waals surface area contributed by atoms with E-state index in [1.54, 1.807) is 13.2 Å². The summed E-state index contributed by atoms with van der Waals surface area (Å²) in [5, 5.41) is 8.59. The van der Waals surface area contributed by atoms with E-state index < -0.39 is 5.97 Å². The summed E-state index contributed by atoms with van der Waals surface area (Å²) in [5.74, 6) is -0.104. The predicted molar refractivity (Wildman–Crippen MR) is 79.8 cm³/mol. The van der Waals surface area contributed by atoms with Gasteiger partial charge in [-0.3, -0.25) is 0 Å². The fourth-order valence-electron chi connectivity index (χ4n) is 2.03. The van der Waals surface area contributed by atoms with Crippen molar-refractivity contribution in [2.45, 2.75) is 6.92 Å². The van der Waals surface area contributed by atoms with Crippen molar-refractivity contribution in [1.29, 1.82) is 0 Å². The van der Waals surface area contributed by atoms with E-state index in [0.29, 0.717) is 0 Å². The summed E-state index contributed by atoms with van der Waals surface area (Å²) in [6.45, 7) is 2.04. The van der Waals surface area contributed by atoms with E-state index in [1.165, 1.54) is 0 Å². The third-order valence-electron chi connectivity index (χ3n) is 3.07. The Kier molecular flexibility index (Phi) is 4.20. The van der Waals surface area contributed by atoms with Crippen molar-refractivity contribution in [2.24, 2.45) is 0 Å². The number of benzene rings is 2. The van der Waals surface area contributed by atoms with Crippen LogP contribution < -0.4 is 4.74 Å². The first kappa shape index (κ1) is 13.9. The van der Waals surface area contributed by atoms with E-state index in [9.17, 15) is 4.79 Å². The van der Waals surface area contributed by atoms with Crippen molar-refractivity contribution in [2.75, 3.05) is 7.11 Å². The molecular formula is C17H16O3. The molecule has 102 valence electrons. The third-order valence-corrected chi connectivity index (χ3v) is 3.07. The number of methoxy groups -OCH3 is 1. The SMILES string of the molecule is COc1ccc(-c2ccc(/C=C/C(=O)O)cc2)c(C)c1. The minimum absolute atomic E-state index is 0.840. The molecule has 0 radical (unpaired) electrons. The van der Waals surface area contributed by atoms with E-state index in [4.69, 9.17) is 9.84 Å². The van der Waals surface area contributed by atoms with Gasteiger partial charge in [0.25, 0.3) is 0 Å². The molecule has 0 aromatic heterocycles. The zero-order chi connectivity index (χ0) is 14.5. The molecule has 0 aliphatic heterocycles. The fourth-order valence-corrected chi connectivity index (χ4v) is 2.03. The molecule has 0 fully saturated rings. The van der Waals surface area contributed by atoms with Crippen LogP contribution in [-0.2, 0) is 4.79 Å². The van der Waals surface area contributed by atoms with E-state index in [2.05, 4.69) is 0 Å². The molecule has 0 aliphatic carbocycles. The van der Waals surface area contributed by atoms with Crippen LogP contribution in [0.2, 0.25) is 0 Å². The molecule has 0 spiro atoms. The second-order valence-corrected chi connectivity index (χ2v) is 4.47. The molecule has 2 aromatic carbocycles. The summed E-state index contributed by atoms with van der Waals surface area (Å²) in [6.07, 6.45) is 2.71. The smallest absolute Gasteiger partial charge is 0.328 e. The second-order valence-electron chi connectivity index (χ2n) is 4.47. The molecule has 0 atom stereocenters. The maximum Gasteiger partial charge on any atom is 0.328 e. The quantitative estimate of drug-likeness (QED) is 0.859. The lowest BCUT2D eigenvalue weighted by Crippen LogP contribution is -1.88. The van der Waals surface area contributed by atoms with Crippen molar-refractivity contribution in [3.63, 3.8) is 0 Å². The minimum Gasteiger partial charge on any atom is -0.497 e. The number of aliphatic carboxylic acids is 1. The van der Waals surface area contributed by atoms with Gasteiger partial charge in [-0.15, -0.1) is 0 Å². The Balaban J connectivity index is 2.28. The Hall–Kier alpha value is -2.55. The fraction of sp³-hybridized carbons (Fsp3) is 0.118. The highest BCUT2D eigenvalue weighted by Gasteiger charge is 2.03. The monoisotopic (exact) mass is 268 g/mol. The Morgan fingerprint density at radius 2 is 1.85 bits per heavy atom. The average Bonchev–Trinajstić information content (AvgIpc) is 2.45. The van der Waals surface area contributed by atoms with Gasteiger partial charge < -0.3 is 9.84 Å². The summed E-state index contributed by atoms with van der Waals surface area (Å²) in [4.78, 5) is 10.5. The molecule has 2 aromatic rings. The number of hydrogen-bond acceptors (Lipinski definition) is 2. The lowest BCUT2D eigenvalue weighted by atomic mass is 9.99. The molecule has 1 N–H and O–H groups in total. The number of carboxylic acid groups (broad SMARTS) is 1. The van der Waals surface area contributed by atoms with E-state index >= 15 is 0 Å². The zero-order valence-corrected chi connectivity index (χ0v) is 11.5. The first-order valence-corrected chi connectivity index (χ1v) is 6.26. The van der Waals surface area contributed by atoms with Gasteiger partial charge in [0.1, 0.15) is 5.75 Å². The van der Waals surface area contributed by atoms with Crippen molar-refractivity contribution in [3.05, 3.63) is 59.7 Å². The van der Waals surface area contributed by atoms with Crippen molar-refractivity contribution in [3.8, 4) is 16.9 Å². The summed E-state index contributed by atoms with van der Waals surface area (Å²) < 4.78 is 5.19. The number of rotatable bonds is 4. The summed E-state index contributed by atoms with van der Waals surface area (Å²) in [7, 11) is 1.65. The van der Waals surface area contributed by atoms with Crippen LogP contribution in [0.3, 0.4) is 0 Å². The Morgan fingerprint density at radius 1 is 1.15 bits per heavy atom. The van der Waals surface area contributed by atoms with Gasteiger partial charge >= 0.3 is 5.97 Å². The topological polar surface area (TPSA) is 46.5 Å². The Labute approximate surface area is 118 Å². The number of hydrogen-bond donors (Lipinski definition) is 1. The van der Waals surface area contributed by atoms with Crippen molar-refractivity contribution >= 4 is 12.0 Å². The number of carboxylic acids is 1. The first-order valence-electron chi connectivity index (χ1n) is 6.26. The predicted octanol–water partition coefficient (Wildman–Crippen LogP) is 3.77. The van der Waals surface area contributed by atoms with Gasteiger partial charge in [0.05, 0.1) is 7.11 Å². The summed E-state index contributed by atoms with van der Waals surface area (Å²) in [5.41, 5.74) is 4.23. The van der Waals surface area contributed by atoms with Gasteiger partial charge in [-0.1, -0.05) is 30.3 Å². The summed E-state index contributed by atoms with van der Waals surface area (Å²) in [6, 6.07) is 13.7. The van der Waals surface area contributed by atoms with Gasteiger partial charge in [0, 0.05) is 6.08 Å². The van der Waals surface area contributed by atoms with E-state index in [1.807, 2.05) is 49.4 Å². The van der Waals surface area contributed by atoms with Gasteiger partial charge in [-0.05, 0) is 47.4 Å². The number of carbonyl (C=O) groups is 1. The molecule has 0 unspecified atom stereocenters. The minimum atomic E-state index is -0.944. The number of aryl methyl sites for hydroxylation is 1. The highest BCUT2D eigenvalue weighted by Crippen LogP contribution is 2.27. The first-order chi connectivity index (χ1) is 9.60. The average molecular weight is 268 g/mol. The molecule has 2 rings (SSSR count). The molecule has 0 aliphatic rings.